The van der Waals surface area contributed by atoms with Crippen LogP contribution in [0.2, 0.25) is 0 Å². The molecule has 0 aliphatic rings. The maximum absolute atomic E-state index is 2.26. The van der Waals surface area contributed by atoms with Crippen LogP contribution < -0.4 is 0 Å². The number of rotatable bonds is 5. The topological polar surface area (TPSA) is 0 Å². The van der Waals surface area contributed by atoms with Gasteiger partial charge in [0.25, 0.3) is 0 Å². The normalized spacial score (nSPS) is 10.5. The molecule has 0 radical (unpaired) electrons. The first-order valence-electron chi connectivity index (χ1n) is 5.80. The molecule has 0 atom stereocenters. The SMILES string of the molecule is CCCCCCc1c(C)cccc1C. The highest BCUT2D eigenvalue weighted by Crippen LogP contribution is 2.16. The number of hydrogen-bond acceptors (Lipinski definition) is 0. The molecule has 0 heterocycles. The average Bonchev–Trinajstić information content (AvgIpc) is 2.16. The summed E-state index contributed by atoms with van der Waals surface area (Å²) in [5.41, 5.74) is 4.49. The van der Waals surface area contributed by atoms with Crippen LogP contribution in [0.4, 0.5) is 0 Å². The predicted octanol–water partition coefficient (Wildman–Crippen LogP) is 4.43. The maximum Gasteiger partial charge on any atom is -0.0274 e. The largest absolute Gasteiger partial charge is 0.0654 e. The van der Waals surface area contributed by atoms with Crippen molar-refractivity contribution in [2.75, 3.05) is 0 Å². The van der Waals surface area contributed by atoms with E-state index >= 15 is 0 Å². The molecule has 0 saturated heterocycles. The highest BCUT2D eigenvalue weighted by Gasteiger charge is 2.00. The zero-order valence-corrected chi connectivity index (χ0v) is 9.77. The van der Waals surface area contributed by atoms with Crippen molar-refractivity contribution in [1.82, 2.24) is 0 Å². The van der Waals surface area contributed by atoms with E-state index in [2.05, 4.69) is 39.0 Å². The van der Waals surface area contributed by atoms with Gasteiger partial charge in [0.15, 0.2) is 0 Å². The zero-order chi connectivity index (χ0) is 10.4. The Balaban J connectivity index is 2.49. The Morgan fingerprint density at radius 2 is 1.57 bits per heavy atom. The minimum Gasteiger partial charge on any atom is -0.0654 e. The molecule has 1 rings (SSSR count). The molecule has 0 aromatic heterocycles. The van der Waals surface area contributed by atoms with E-state index in [0.717, 1.165) is 0 Å². The number of benzene rings is 1. The fraction of sp³-hybridized carbons (Fsp3) is 0.571. The van der Waals surface area contributed by atoms with E-state index in [0.29, 0.717) is 0 Å². The van der Waals surface area contributed by atoms with Gasteiger partial charge in [0.1, 0.15) is 0 Å². The van der Waals surface area contributed by atoms with Gasteiger partial charge in [-0.05, 0) is 43.4 Å². The molecular weight excluding hydrogens is 168 g/mol. The highest BCUT2D eigenvalue weighted by molar-refractivity contribution is 5.33. The van der Waals surface area contributed by atoms with Crippen molar-refractivity contribution in [3.63, 3.8) is 0 Å². The highest BCUT2D eigenvalue weighted by atomic mass is 14.1. The lowest BCUT2D eigenvalue weighted by Crippen LogP contribution is -1.93. The van der Waals surface area contributed by atoms with E-state index in [1.165, 1.54) is 43.2 Å². The van der Waals surface area contributed by atoms with E-state index in [9.17, 15) is 0 Å². The third-order valence-corrected chi connectivity index (χ3v) is 2.92. The van der Waals surface area contributed by atoms with Crippen molar-refractivity contribution >= 4 is 0 Å². The molecular formula is C14H22. The molecule has 0 N–H and O–H groups in total. The van der Waals surface area contributed by atoms with Gasteiger partial charge in [0.05, 0.1) is 0 Å². The second kappa shape index (κ2) is 5.85. The number of hydrogen-bond donors (Lipinski definition) is 0. The van der Waals surface area contributed by atoms with Gasteiger partial charge in [-0.3, -0.25) is 0 Å². The van der Waals surface area contributed by atoms with Crippen molar-refractivity contribution in [2.45, 2.75) is 52.9 Å². The first-order valence-corrected chi connectivity index (χ1v) is 5.80. The third kappa shape index (κ3) is 3.17. The monoisotopic (exact) mass is 190 g/mol. The second-order valence-electron chi connectivity index (χ2n) is 4.18. The minimum atomic E-state index is 1.26. The van der Waals surface area contributed by atoms with Crippen LogP contribution in [-0.2, 0) is 6.42 Å². The molecule has 0 aliphatic carbocycles. The molecule has 0 aliphatic heterocycles. The Morgan fingerprint density at radius 3 is 2.14 bits per heavy atom. The molecule has 0 fully saturated rings. The third-order valence-electron chi connectivity index (χ3n) is 2.92. The van der Waals surface area contributed by atoms with E-state index in [1.54, 1.807) is 5.56 Å². The van der Waals surface area contributed by atoms with Gasteiger partial charge in [0, 0.05) is 0 Å². The van der Waals surface area contributed by atoms with Gasteiger partial charge in [-0.2, -0.15) is 0 Å². The van der Waals surface area contributed by atoms with Crippen LogP contribution in [0.1, 0.15) is 49.3 Å². The lowest BCUT2D eigenvalue weighted by molar-refractivity contribution is 0.664. The van der Waals surface area contributed by atoms with Gasteiger partial charge in [-0.15, -0.1) is 0 Å². The Labute approximate surface area is 88.4 Å². The lowest BCUT2D eigenvalue weighted by atomic mass is 9.97. The number of aryl methyl sites for hydroxylation is 2. The summed E-state index contributed by atoms with van der Waals surface area (Å²) in [6.07, 6.45) is 6.69. The molecule has 0 bridgehead atoms. The first-order chi connectivity index (χ1) is 6.75. The molecule has 1 aromatic rings. The van der Waals surface area contributed by atoms with Gasteiger partial charge < -0.3 is 0 Å². The molecule has 0 unspecified atom stereocenters. The molecule has 0 heteroatoms. The van der Waals surface area contributed by atoms with Crippen molar-refractivity contribution in [1.29, 1.82) is 0 Å². The lowest BCUT2D eigenvalue weighted by Gasteiger charge is -2.08. The smallest absolute Gasteiger partial charge is 0.0274 e. The van der Waals surface area contributed by atoms with Crippen LogP contribution in [0.5, 0.6) is 0 Å². The zero-order valence-electron chi connectivity index (χ0n) is 9.77. The molecule has 0 saturated carbocycles. The van der Waals surface area contributed by atoms with E-state index < -0.39 is 0 Å². The Morgan fingerprint density at radius 1 is 0.929 bits per heavy atom. The summed E-state index contributed by atoms with van der Waals surface area (Å²) in [4.78, 5) is 0. The van der Waals surface area contributed by atoms with Crippen molar-refractivity contribution < 1.29 is 0 Å². The molecule has 0 nitrogen and oxygen atoms in total. The molecule has 0 spiro atoms. The summed E-state index contributed by atoms with van der Waals surface area (Å²) in [7, 11) is 0. The van der Waals surface area contributed by atoms with Crippen LogP contribution in [0, 0.1) is 13.8 Å². The summed E-state index contributed by atoms with van der Waals surface area (Å²) in [5.74, 6) is 0. The summed E-state index contributed by atoms with van der Waals surface area (Å²) in [6.45, 7) is 6.71. The first kappa shape index (κ1) is 11.3. The maximum atomic E-state index is 2.26. The van der Waals surface area contributed by atoms with Gasteiger partial charge in [-0.25, -0.2) is 0 Å². The molecule has 0 amide bonds. The summed E-state index contributed by atoms with van der Waals surface area (Å²) < 4.78 is 0. The summed E-state index contributed by atoms with van der Waals surface area (Å²) in [5, 5.41) is 0. The van der Waals surface area contributed by atoms with Crippen LogP contribution in [0.25, 0.3) is 0 Å². The van der Waals surface area contributed by atoms with Gasteiger partial charge in [-0.1, -0.05) is 44.4 Å². The minimum absolute atomic E-state index is 1.26. The van der Waals surface area contributed by atoms with Gasteiger partial charge >= 0.3 is 0 Å². The fourth-order valence-corrected chi connectivity index (χ4v) is 1.97. The molecule has 78 valence electrons. The predicted molar refractivity (Wildman–Crippen MR) is 63.8 cm³/mol. The van der Waals surface area contributed by atoms with Gasteiger partial charge in [0.2, 0.25) is 0 Å². The fourth-order valence-electron chi connectivity index (χ4n) is 1.97. The Kier molecular flexibility index (Phi) is 4.72. The summed E-state index contributed by atoms with van der Waals surface area (Å²) in [6, 6.07) is 6.60. The molecule has 1 aromatic carbocycles. The van der Waals surface area contributed by atoms with Crippen molar-refractivity contribution in [3.8, 4) is 0 Å². The second-order valence-corrected chi connectivity index (χ2v) is 4.18. The van der Waals surface area contributed by atoms with E-state index in [-0.39, 0.29) is 0 Å². The van der Waals surface area contributed by atoms with E-state index in [1.807, 2.05) is 0 Å². The van der Waals surface area contributed by atoms with E-state index in [4.69, 9.17) is 0 Å². The van der Waals surface area contributed by atoms with Crippen LogP contribution >= 0.6 is 0 Å². The van der Waals surface area contributed by atoms with Crippen LogP contribution in [0.15, 0.2) is 18.2 Å². The Hall–Kier alpha value is -0.780. The average molecular weight is 190 g/mol. The van der Waals surface area contributed by atoms with Crippen molar-refractivity contribution in [3.05, 3.63) is 34.9 Å². The van der Waals surface area contributed by atoms with Crippen molar-refractivity contribution in [2.24, 2.45) is 0 Å². The van der Waals surface area contributed by atoms with Crippen LogP contribution in [-0.4, -0.2) is 0 Å². The Bertz CT molecular complexity index is 253. The van der Waals surface area contributed by atoms with Crippen LogP contribution in [0.3, 0.4) is 0 Å². The number of unbranched alkanes of at least 4 members (excludes halogenated alkanes) is 3. The standard InChI is InChI=1S/C14H22/c1-4-5-6-7-11-14-12(2)9-8-10-13(14)3/h8-10H,4-7,11H2,1-3H3. The summed E-state index contributed by atoms with van der Waals surface area (Å²) >= 11 is 0. The quantitative estimate of drug-likeness (QED) is 0.603. The molecule has 14 heavy (non-hydrogen) atoms.